The van der Waals surface area contributed by atoms with Crippen molar-refractivity contribution in [1.82, 2.24) is 5.32 Å². The molecule has 0 aliphatic heterocycles. The number of hydrogen-bond donors (Lipinski definition) is 1. The van der Waals surface area contributed by atoms with E-state index in [1.165, 1.54) is 0 Å². The van der Waals surface area contributed by atoms with E-state index in [1.807, 2.05) is 19.2 Å². The van der Waals surface area contributed by atoms with Gasteiger partial charge in [-0.3, -0.25) is 0 Å². The Kier molecular flexibility index (Phi) is 5.19. The number of alkyl halides is 2. The predicted octanol–water partition coefficient (Wildman–Crippen LogP) is 3.35. The summed E-state index contributed by atoms with van der Waals surface area (Å²) >= 11 is 0. The fraction of sp³-hybridized carbons (Fsp3) is 0.500. The molecule has 0 amide bonds. The summed E-state index contributed by atoms with van der Waals surface area (Å²) in [6.07, 6.45) is 2.09. The van der Waals surface area contributed by atoms with E-state index in [1.54, 1.807) is 12.1 Å². The Bertz CT molecular complexity index is 300. The monoisotopic (exact) mass is 229 g/mol. The van der Waals surface area contributed by atoms with Gasteiger partial charge in [0, 0.05) is 6.04 Å². The minimum Gasteiger partial charge on any atom is -0.435 e. The van der Waals surface area contributed by atoms with Gasteiger partial charge in [0.1, 0.15) is 5.75 Å². The van der Waals surface area contributed by atoms with Crippen LogP contribution < -0.4 is 10.1 Å². The molecule has 0 spiro atoms. The second-order valence-electron chi connectivity index (χ2n) is 3.58. The van der Waals surface area contributed by atoms with Crippen LogP contribution in [0, 0.1) is 0 Å². The summed E-state index contributed by atoms with van der Waals surface area (Å²) < 4.78 is 28.2. The first-order valence-corrected chi connectivity index (χ1v) is 5.39. The highest BCUT2D eigenvalue weighted by Crippen LogP contribution is 2.21. The van der Waals surface area contributed by atoms with E-state index < -0.39 is 6.61 Å². The molecule has 1 aromatic carbocycles. The highest BCUT2D eigenvalue weighted by molar-refractivity contribution is 5.29. The van der Waals surface area contributed by atoms with Gasteiger partial charge in [0.25, 0.3) is 0 Å². The number of nitrogens with one attached hydrogen (secondary N) is 1. The molecule has 0 saturated heterocycles. The number of ether oxygens (including phenoxy) is 1. The van der Waals surface area contributed by atoms with Gasteiger partial charge in [-0.1, -0.05) is 25.5 Å². The first kappa shape index (κ1) is 12.9. The maximum absolute atomic E-state index is 11.9. The van der Waals surface area contributed by atoms with Gasteiger partial charge >= 0.3 is 6.61 Å². The van der Waals surface area contributed by atoms with Gasteiger partial charge in [-0.15, -0.1) is 0 Å². The molecule has 0 fully saturated rings. The molecule has 1 rings (SSSR count). The highest BCUT2D eigenvalue weighted by atomic mass is 19.3. The van der Waals surface area contributed by atoms with Crippen molar-refractivity contribution in [2.75, 3.05) is 7.05 Å². The van der Waals surface area contributed by atoms with Gasteiger partial charge in [-0.2, -0.15) is 8.78 Å². The highest BCUT2D eigenvalue weighted by Gasteiger charge is 2.09. The molecular weight excluding hydrogens is 212 g/mol. The minimum absolute atomic E-state index is 0.199. The summed E-state index contributed by atoms with van der Waals surface area (Å²) in [5.41, 5.74) is 1.09. The van der Waals surface area contributed by atoms with Gasteiger partial charge in [0.2, 0.25) is 0 Å². The van der Waals surface area contributed by atoms with Crippen molar-refractivity contribution in [1.29, 1.82) is 0 Å². The van der Waals surface area contributed by atoms with Crippen LogP contribution in [0.5, 0.6) is 5.75 Å². The molecule has 1 aromatic rings. The molecule has 1 unspecified atom stereocenters. The largest absolute Gasteiger partial charge is 0.435 e. The third kappa shape index (κ3) is 3.77. The molecule has 1 atom stereocenters. The van der Waals surface area contributed by atoms with Crippen molar-refractivity contribution in [2.45, 2.75) is 32.4 Å². The molecule has 0 aromatic heterocycles. The molecule has 1 N–H and O–H groups in total. The van der Waals surface area contributed by atoms with Gasteiger partial charge in [0.15, 0.2) is 0 Å². The van der Waals surface area contributed by atoms with Gasteiger partial charge in [-0.05, 0) is 31.2 Å². The van der Waals surface area contributed by atoms with Crippen LogP contribution in [0.2, 0.25) is 0 Å². The minimum atomic E-state index is -2.76. The van der Waals surface area contributed by atoms with Crippen molar-refractivity contribution >= 4 is 0 Å². The summed E-state index contributed by atoms with van der Waals surface area (Å²) in [4.78, 5) is 0. The van der Waals surface area contributed by atoms with Crippen molar-refractivity contribution in [3.63, 3.8) is 0 Å². The second-order valence-corrected chi connectivity index (χ2v) is 3.58. The van der Waals surface area contributed by atoms with Gasteiger partial charge in [-0.25, -0.2) is 0 Å². The smallest absolute Gasteiger partial charge is 0.387 e. The first-order valence-electron chi connectivity index (χ1n) is 5.39. The van der Waals surface area contributed by atoms with Crippen LogP contribution in [-0.2, 0) is 0 Å². The third-order valence-corrected chi connectivity index (χ3v) is 2.43. The topological polar surface area (TPSA) is 21.3 Å². The standard InChI is InChI=1S/C12H17F2NO/c1-3-4-11(15-2)9-5-7-10(8-6-9)16-12(13)14/h5-8,11-12,15H,3-4H2,1-2H3. The van der Waals surface area contributed by atoms with E-state index in [0.29, 0.717) is 0 Å². The fourth-order valence-corrected chi connectivity index (χ4v) is 1.65. The molecule has 2 nitrogen and oxygen atoms in total. The van der Waals surface area contributed by atoms with Crippen LogP contribution in [0.25, 0.3) is 0 Å². The molecule has 0 bridgehead atoms. The van der Waals surface area contributed by atoms with Crippen LogP contribution in [0.4, 0.5) is 8.78 Å². The zero-order valence-corrected chi connectivity index (χ0v) is 9.54. The number of benzene rings is 1. The quantitative estimate of drug-likeness (QED) is 0.807. The molecule has 0 saturated carbocycles. The Hall–Kier alpha value is -1.16. The molecule has 0 aliphatic carbocycles. The van der Waals surface area contributed by atoms with E-state index in [-0.39, 0.29) is 11.8 Å². The SMILES string of the molecule is CCCC(NC)c1ccc(OC(F)F)cc1. The van der Waals surface area contributed by atoms with Gasteiger partial charge in [0.05, 0.1) is 0 Å². The van der Waals surface area contributed by atoms with E-state index in [4.69, 9.17) is 0 Å². The third-order valence-electron chi connectivity index (χ3n) is 2.43. The average Bonchev–Trinajstić information content (AvgIpc) is 2.26. The second kappa shape index (κ2) is 6.43. The lowest BCUT2D eigenvalue weighted by Gasteiger charge is -2.16. The molecule has 90 valence electrons. The number of halogens is 2. The zero-order chi connectivity index (χ0) is 12.0. The van der Waals surface area contributed by atoms with E-state index in [9.17, 15) is 8.78 Å². The Morgan fingerprint density at radius 1 is 1.25 bits per heavy atom. The fourth-order valence-electron chi connectivity index (χ4n) is 1.65. The van der Waals surface area contributed by atoms with Crippen LogP contribution >= 0.6 is 0 Å². The lowest BCUT2D eigenvalue weighted by atomic mass is 10.0. The zero-order valence-electron chi connectivity index (χ0n) is 9.54. The average molecular weight is 229 g/mol. The van der Waals surface area contributed by atoms with Crippen molar-refractivity contribution < 1.29 is 13.5 Å². The van der Waals surface area contributed by atoms with Crippen LogP contribution in [0.1, 0.15) is 31.4 Å². The molecule has 0 radical (unpaired) electrons. The van der Waals surface area contributed by atoms with E-state index in [2.05, 4.69) is 17.0 Å². The number of hydrogen-bond acceptors (Lipinski definition) is 2. The van der Waals surface area contributed by atoms with Crippen LogP contribution in [-0.4, -0.2) is 13.7 Å². The summed E-state index contributed by atoms with van der Waals surface area (Å²) in [5.74, 6) is 0.199. The van der Waals surface area contributed by atoms with E-state index in [0.717, 1.165) is 18.4 Å². The van der Waals surface area contributed by atoms with Crippen molar-refractivity contribution in [3.05, 3.63) is 29.8 Å². The van der Waals surface area contributed by atoms with Gasteiger partial charge < -0.3 is 10.1 Å². The lowest BCUT2D eigenvalue weighted by molar-refractivity contribution is -0.0498. The Morgan fingerprint density at radius 2 is 1.88 bits per heavy atom. The van der Waals surface area contributed by atoms with Crippen LogP contribution in [0.3, 0.4) is 0 Å². The molecule has 0 aliphatic rings. The molecule has 16 heavy (non-hydrogen) atoms. The Morgan fingerprint density at radius 3 is 2.31 bits per heavy atom. The summed E-state index contributed by atoms with van der Waals surface area (Å²) in [6, 6.07) is 7.04. The molecule has 4 heteroatoms. The van der Waals surface area contributed by atoms with Crippen molar-refractivity contribution in [2.24, 2.45) is 0 Å². The maximum atomic E-state index is 11.9. The maximum Gasteiger partial charge on any atom is 0.387 e. The summed E-state index contributed by atoms with van der Waals surface area (Å²) in [6.45, 7) is -0.653. The Labute approximate surface area is 94.6 Å². The normalized spacial score (nSPS) is 12.8. The number of rotatable bonds is 6. The van der Waals surface area contributed by atoms with Crippen molar-refractivity contribution in [3.8, 4) is 5.75 Å². The van der Waals surface area contributed by atoms with E-state index >= 15 is 0 Å². The lowest BCUT2D eigenvalue weighted by Crippen LogP contribution is -2.15. The summed E-state index contributed by atoms with van der Waals surface area (Å²) in [7, 11) is 1.89. The molecular formula is C12H17F2NO. The van der Waals surface area contributed by atoms with Crippen LogP contribution in [0.15, 0.2) is 24.3 Å². The summed E-state index contributed by atoms with van der Waals surface area (Å²) in [5, 5.41) is 3.19. The predicted molar refractivity (Wildman–Crippen MR) is 59.8 cm³/mol. The molecule has 0 heterocycles. The first-order chi connectivity index (χ1) is 7.67. The Balaban J connectivity index is 2.69.